The summed E-state index contributed by atoms with van der Waals surface area (Å²) in [5.74, 6) is 0.944. The van der Waals surface area contributed by atoms with Gasteiger partial charge in [0.1, 0.15) is 0 Å². The zero-order chi connectivity index (χ0) is 14.7. The first-order valence-electron chi connectivity index (χ1n) is 7.47. The lowest BCUT2D eigenvalue weighted by Gasteiger charge is -2.30. The van der Waals surface area contributed by atoms with E-state index in [2.05, 4.69) is 18.7 Å². The number of likely N-dealkylation sites (tertiary alicyclic amines) is 1. The second-order valence-corrected chi connectivity index (χ2v) is 7.16. The van der Waals surface area contributed by atoms with Crippen molar-refractivity contribution in [3.63, 3.8) is 0 Å². The average molecular weight is 293 g/mol. The third kappa shape index (κ3) is 15.8. The molecule has 1 fully saturated rings. The van der Waals surface area contributed by atoms with Crippen molar-refractivity contribution in [1.82, 2.24) is 4.90 Å². The summed E-state index contributed by atoms with van der Waals surface area (Å²) >= 11 is 0. The van der Waals surface area contributed by atoms with Gasteiger partial charge in [0.25, 0.3) is 10.1 Å². The van der Waals surface area contributed by atoms with Crippen LogP contribution in [0.25, 0.3) is 0 Å². The third-order valence-electron chi connectivity index (χ3n) is 3.32. The van der Waals surface area contributed by atoms with Crippen molar-refractivity contribution >= 4 is 10.1 Å². The molecule has 1 unspecified atom stereocenters. The van der Waals surface area contributed by atoms with Crippen molar-refractivity contribution in [2.75, 3.05) is 25.9 Å². The fourth-order valence-corrected chi connectivity index (χ4v) is 2.43. The summed E-state index contributed by atoms with van der Waals surface area (Å²) in [4.78, 5) is 2.67. The molecule has 19 heavy (non-hydrogen) atoms. The fraction of sp³-hybridized carbons (Fsp3) is 1.00. The molecule has 0 spiro atoms. The lowest BCUT2D eigenvalue weighted by molar-refractivity contribution is 0.180. The molecule has 0 aliphatic carbocycles. The molecule has 0 aromatic heterocycles. The number of unbranched alkanes of at least 4 members (excludes halogenated alkanes) is 4. The number of nitrogens with zero attached hydrogens (tertiary/aromatic N) is 1. The van der Waals surface area contributed by atoms with Gasteiger partial charge in [0.15, 0.2) is 0 Å². The molecule has 0 aromatic carbocycles. The van der Waals surface area contributed by atoms with E-state index in [0.717, 1.165) is 5.92 Å². The van der Waals surface area contributed by atoms with Crippen LogP contribution < -0.4 is 0 Å². The Labute approximate surface area is 119 Å². The van der Waals surface area contributed by atoms with E-state index in [9.17, 15) is 8.42 Å². The van der Waals surface area contributed by atoms with Gasteiger partial charge in [-0.2, -0.15) is 8.42 Å². The van der Waals surface area contributed by atoms with Gasteiger partial charge in [0.2, 0.25) is 0 Å². The van der Waals surface area contributed by atoms with E-state index in [1.165, 1.54) is 64.6 Å². The van der Waals surface area contributed by atoms with Crippen LogP contribution in [0.5, 0.6) is 0 Å². The van der Waals surface area contributed by atoms with Crippen LogP contribution in [0.3, 0.4) is 0 Å². The number of hydrogen-bond donors (Lipinski definition) is 1. The molecule has 1 aliphatic rings. The third-order valence-corrected chi connectivity index (χ3v) is 3.32. The molecule has 4 nitrogen and oxygen atoms in total. The Morgan fingerprint density at radius 3 is 2.32 bits per heavy atom. The number of rotatable bonds is 6. The van der Waals surface area contributed by atoms with Crippen molar-refractivity contribution in [2.24, 2.45) is 5.92 Å². The Balaban J connectivity index is 0.000000555. The topological polar surface area (TPSA) is 57.6 Å². The van der Waals surface area contributed by atoms with Gasteiger partial charge in [0, 0.05) is 6.54 Å². The first-order chi connectivity index (χ1) is 8.83. The van der Waals surface area contributed by atoms with Gasteiger partial charge in [-0.1, -0.05) is 39.5 Å². The summed E-state index contributed by atoms with van der Waals surface area (Å²) in [6.45, 7) is 8.75. The molecule has 0 bridgehead atoms. The van der Waals surface area contributed by atoms with Crippen LogP contribution in [0.1, 0.15) is 58.8 Å². The van der Waals surface area contributed by atoms with Crippen LogP contribution >= 0.6 is 0 Å². The molecule has 5 heteroatoms. The standard InChI is InChI=1S/C13H27N.CH4O3S/c1-3-4-5-6-7-10-14-11-8-9-13(2)12-14;1-5(2,3)4/h13H,3-12H2,1-2H3;1H3,(H,2,3,4). The lowest BCUT2D eigenvalue weighted by Crippen LogP contribution is -2.34. The first kappa shape index (κ1) is 18.9. The smallest absolute Gasteiger partial charge is 0.261 e. The number of hydrogen-bond acceptors (Lipinski definition) is 3. The monoisotopic (exact) mass is 293 g/mol. The van der Waals surface area contributed by atoms with Crippen LogP contribution in [-0.2, 0) is 10.1 Å². The molecule has 1 saturated heterocycles. The molecular formula is C14H31NO3S. The molecular weight excluding hydrogens is 262 g/mol. The molecule has 0 aromatic rings. The number of piperidine rings is 1. The molecule has 116 valence electrons. The molecule has 1 aliphatic heterocycles. The van der Waals surface area contributed by atoms with Gasteiger partial charge < -0.3 is 4.90 Å². The van der Waals surface area contributed by atoms with Crippen LogP contribution in [-0.4, -0.2) is 43.8 Å². The average Bonchev–Trinajstić information content (AvgIpc) is 2.27. The summed E-state index contributed by atoms with van der Waals surface area (Å²) in [6, 6.07) is 0. The van der Waals surface area contributed by atoms with Gasteiger partial charge in [-0.15, -0.1) is 0 Å². The van der Waals surface area contributed by atoms with E-state index in [0.29, 0.717) is 6.26 Å². The maximum absolute atomic E-state index is 9.19. The molecule has 0 amide bonds. The molecule has 0 saturated carbocycles. The minimum absolute atomic E-state index is 0.715. The molecule has 1 atom stereocenters. The van der Waals surface area contributed by atoms with Gasteiger partial charge in [-0.05, 0) is 38.3 Å². The highest BCUT2D eigenvalue weighted by molar-refractivity contribution is 7.85. The van der Waals surface area contributed by atoms with Crippen molar-refractivity contribution in [1.29, 1.82) is 0 Å². The van der Waals surface area contributed by atoms with Gasteiger partial charge in [-0.3, -0.25) is 4.55 Å². The summed E-state index contributed by atoms with van der Waals surface area (Å²) in [5.41, 5.74) is 0. The quantitative estimate of drug-likeness (QED) is 0.603. The largest absolute Gasteiger partial charge is 0.303 e. The van der Waals surface area contributed by atoms with Gasteiger partial charge in [-0.25, -0.2) is 0 Å². The Morgan fingerprint density at radius 2 is 1.79 bits per heavy atom. The first-order valence-corrected chi connectivity index (χ1v) is 9.32. The van der Waals surface area contributed by atoms with Crippen molar-refractivity contribution in [3.8, 4) is 0 Å². The lowest BCUT2D eigenvalue weighted by atomic mass is 10.00. The summed E-state index contributed by atoms with van der Waals surface area (Å²) in [6.07, 6.45) is 10.7. The summed E-state index contributed by atoms with van der Waals surface area (Å²) in [7, 11) is -3.67. The Hall–Kier alpha value is -0.130. The zero-order valence-corrected chi connectivity index (χ0v) is 13.6. The van der Waals surface area contributed by atoms with Crippen LogP contribution in [0, 0.1) is 5.92 Å². The van der Waals surface area contributed by atoms with E-state index >= 15 is 0 Å². The molecule has 1 N–H and O–H groups in total. The normalized spacial score (nSPS) is 20.7. The summed E-state index contributed by atoms with van der Waals surface area (Å²) < 4.78 is 25.9. The predicted molar refractivity (Wildman–Crippen MR) is 81.1 cm³/mol. The van der Waals surface area contributed by atoms with Crippen LogP contribution in [0.15, 0.2) is 0 Å². The van der Waals surface area contributed by atoms with E-state index in [-0.39, 0.29) is 0 Å². The Kier molecular flexibility index (Phi) is 10.6. The maximum atomic E-state index is 9.19. The van der Waals surface area contributed by atoms with Crippen molar-refractivity contribution < 1.29 is 13.0 Å². The van der Waals surface area contributed by atoms with Crippen LogP contribution in [0.4, 0.5) is 0 Å². The van der Waals surface area contributed by atoms with E-state index < -0.39 is 10.1 Å². The Morgan fingerprint density at radius 1 is 1.21 bits per heavy atom. The van der Waals surface area contributed by atoms with E-state index in [1.807, 2.05) is 0 Å². The molecule has 1 rings (SSSR count). The molecule has 1 heterocycles. The Bertz CT molecular complexity index is 296. The minimum atomic E-state index is -3.67. The highest BCUT2D eigenvalue weighted by atomic mass is 32.2. The van der Waals surface area contributed by atoms with Crippen molar-refractivity contribution in [3.05, 3.63) is 0 Å². The second-order valence-electron chi connectivity index (χ2n) is 5.70. The second kappa shape index (κ2) is 10.6. The SMILES string of the molecule is CCCCCCCN1CCCC(C)C1.CS(=O)(=O)O. The zero-order valence-electron chi connectivity index (χ0n) is 12.8. The molecule has 0 radical (unpaired) electrons. The highest BCUT2D eigenvalue weighted by Gasteiger charge is 2.14. The van der Waals surface area contributed by atoms with E-state index in [1.54, 1.807) is 0 Å². The van der Waals surface area contributed by atoms with Crippen molar-refractivity contribution in [2.45, 2.75) is 58.8 Å². The van der Waals surface area contributed by atoms with Gasteiger partial charge in [0.05, 0.1) is 6.26 Å². The highest BCUT2D eigenvalue weighted by Crippen LogP contribution is 2.16. The van der Waals surface area contributed by atoms with Crippen LogP contribution in [0.2, 0.25) is 0 Å². The summed E-state index contributed by atoms with van der Waals surface area (Å²) in [5, 5.41) is 0. The van der Waals surface area contributed by atoms with Gasteiger partial charge >= 0.3 is 0 Å². The minimum Gasteiger partial charge on any atom is -0.303 e. The fourth-order valence-electron chi connectivity index (χ4n) is 2.43. The van der Waals surface area contributed by atoms with E-state index in [4.69, 9.17) is 4.55 Å². The predicted octanol–water partition coefficient (Wildman–Crippen LogP) is 3.19. The maximum Gasteiger partial charge on any atom is 0.261 e.